The molecule has 0 bridgehead atoms. The van der Waals surface area contributed by atoms with Gasteiger partial charge in [-0.25, -0.2) is 9.97 Å². The predicted octanol–water partition coefficient (Wildman–Crippen LogP) is 5.36. The Hall–Kier alpha value is -2.01. The summed E-state index contributed by atoms with van der Waals surface area (Å²) in [7, 11) is 0. The molecule has 6 heteroatoms. The molecular formula is C22H22Cl2N4. The molecule has 144 valence electrons. The van der Waals surface area contributed by atoms with Gasteiger partial charge in [-0.3, -0.25) is 9.88 Å². The van der Waals surface area contributed by atoms with E-state index in [9.17, 15) is 0 Å². The molecule has 1 aromatic carbocycles. The minimum atomic E-state index is 0.615. The maximum Gasteiger partial charge on any atom is 0.128 e. The summed E-state index contributed by atoms with van der Waals surface area (Å²) in [6.07, 6.45) is 6.94. The van der Waals surface area contributed by atoms with Crippen LogP contribution in [-0.2, 0) is 25.9 Å². The molecule has 4 rings (SSSR count). The van der Waals surface area contributed by atoms with Crippen LogP contribution in [0.15, 0.2) is 42.7 Å². The highest BCUT2D eigenvalue weighted by molar-refractivity contribution is 6.35. The maximum absolute atomic E-state index is 6.10. The molecule has 0 amide bonds. The Kier molecular flexibility index (Phi) is 5.90. The second-order valence-corrected chi connectivity index (χ2v) is 8.05. The molecule has 0 fully saturated rings. The van der Waals surface area contributed by atoms with Crippen LogP contribution in [0.4, 0.5) is 0 Å². The van der Waals surface area contributed by atoms with Crippen molar-refractivity contribution in [1.82, 2.24) is 19.9 Å². The Morgan fingerprint density at radius 2 is 1.86 bits per heavy atom. The fourth-order valence-corrected chi connectivity index (χ4v) is 4.07. The lowest BCUT2D eigenvalue weighted by Crippen LogP contribution is -2.31. The molecule has 0 spiro atoms. The van der Waals surface area contributed by atoms with Crippen LogP contribution < -0.4 is 0 Å². The number of fused-ring (bicyclic) bond motifs is 1. The zero-order chi connectivity index (χ0) is 19.5. The molecule has 28 heavy (non-hydrogen) atoms. The number of aryl methyl sites for hydroxylation is 1. The third kappa shape index (κ3) is 4.52. The summed E-state index contributed by atoms with van der Waals surface area (Å²) in [5.74, 6) is 0.968. The Labute approximate surface area is 175 Å². The van der Waals surface area contributed by atoms with Crippen LogP contribution >= 0.6 is 23.2 Å². The SMILES string of the molecule is CCCc1ncc2c(n1)CCN(Cc1ccc(-c3cc(Cl)cc(Cl)c3)nc1)C2. The van der Waals surface area contributed by atoms with Crippen molar-refractivity contribution >= 4 is 23.2 Å². The molecule has 1 aliphatic heterocycles. The van der Waals surface area contributed by atoms with Crippen molar-refractivity contribution in [1.29, 1.82) is 0 Å². The van der Waals surface area contributed by atoms with E-state index in [0.717, 1.165) is 56.0 Å². The van der Waals surface area contributed by atoms with E-state index in [2.05, 4.69) is 27.9 Å². The number of pyridine rings is 1. The van der Waals surface area contributed by atoms with E-state index in [0.29, 0.717) is 10.0 Å². The minimum absolute atomic E-state index is 0.615. The van der Waals surface area contributed by atoms with E-state index in [1.54, 1.807) is 6.07 Å². The lowest BCUT2D eigenvalue weighted by Gasteiger charge is -2.28. The lowest BCUT2D eigenvalue weighted by atomic mass is 10.1. The van der Waals surface area contributed by atoms with E-state index in [1.165, 1.54) is 16.8 Å². The van der Waals surface area contributed by atoms with Gasteiger partial charge >= 0.3 is 0 Å². The monoisotopic (exact) mass is 412 g/mol. The van der Waals surface area contributed by atoms with Gasteiger partial charge in [0.25, 0.3) is 0 Å². The van der Waals surface area contributed by atoms with Crippen LogP contribution in [0.5, 0.6) is 0 Å². The highest BCUT2D eigenvalue weighted by atomic mass is 35.5. The molecule has 0 unspecified atom stereocenters. The van der Waals surface area contributed by atoms with Crippen molar-refractivity contribution in [2.75, 3.05) is 6.54 Å². The number of rotatable bonds is 5. The number of benzene rings is 1. The normalized spacial score (nSPS) is 14.1. The fourth-order valence-electron chi connectivity index (χ4n) is 3.54. The van der Waals surface area contributed by atoms with Crippen LogP contribution in [0.3, 0.4) is 0 Å². The van der Waals surface area contributed by atoms with Gasteiger partial charge in [0.2, 0.25) is 0 Å². The van der Waals surface area contributed by atoms with Crippen molar-refractivity contribution in [2.45, 2.75) is 39.3 Å². The Balaban J connectivity index is 1.44. The topological polar surface area (TPSA) is 41.9 Å². The van der Waals surface area contributed by atoms with Crippen molar-refractivity contribution in [3.63, 3.8) is 0 Å². The zero-order valence-corrected chi connectivity index (χ0v) is 17.3. The van der Waals surface area contributed by atoms with Gasteiger partial charge < -0.3 is 0 Å². The lowest BCUT2D eigenvalue weighted by molar-refractivity contribution is 0.242. The van der Waals surface area contributed by atoms with Crippen molar-refractivity contribution < 1.29 is 0 Å². The molecule has 0 saturated heterocycles. The highest BCUT2D eigenvalue weighted by Crippen LogP contribution is 2.26. The van der Waals surface area contributed by atoms with Crippen LogP contribution in [-0.4, -0.2) is 26.4 Å². The zero-order valence-electron chi connectivity index (χ0n) is 15.8. The molecular weight excluding hydrogens is 391 g/mol. The van der Waals surface area contributed by atoms with Gasteiger partial charge in [-0.05, 0) is 36.2 Å². The van der Waals surface area contributed by atoms with E-state index in [-0.39, 0.29) is 0 Å². The first-order chi connectivity index (χ1) is 13.6. The van der Waals surface area contributed by atoms with Gasteiger partial charge in [0, 0.05) is 71.7 Å². The van der Waals surface area contributed by atoms with Crippen LogP contribution in [0.1, 0.15) is 36.0 Å². The molecule has 0 saturated carbocycles. The number of hydrogen-bond acceptors (Lipinski definition) is 4. The quantitative estimate of drug-likeness (QED) is 0.565. The van der Waals surface area contributed by atoms with E-state index >= 15 is 0 Å². The Morgan fingerprint density at radius 1 is 1.04 bits per heavy atom. The third-order valence-corrected chi connectivity index (χ3v) is 5.36. The van der Waals surface area contributed by atoms with Crippen molar-refractivity contribution in [3.8, 4) is 11.3 Å². The summed E-state index contributed by atoms with van der Waals surface area (Å²) in [5, 5.41) is 1.23. The van der Waals surface area contributed by atoms with Crippen molar-refractivity contribution in [2.24, 2.45) is 0 Å². The molecule has 2 aromatic heterocycles. The van der Waals surface area contributed by atoms with E-state index in [1.807, 2.05) is 30.6 Å². The third-order valence-electron chi connectivity index (χ3n) is 4.93. The minimum Gasteiger partial charge on any atom is -0.294 e. The first kappa shape index (κ1) is 19.3. The second-order valence-electron chi connectivity index (χ2n) is 7.18. The molecule has 3 aromatic rings. The number of nitrogens with zero attached hydrogens (tertiary/aromatic N) is 4. The maximum atomic E-state index is 6.10. The fraction of sp³-hybridized carbons (Fsp3) is 0.318. The summed E-state index contributed by atoms with van der Waals surface area (Å²) in [4.78, 5) is 16.3. The van der Waals surface area contributed by atoms with Crippen LogP contribution in [0.25, 0.3) is 11.3 Å². The van der Waals surface area contributed by atoms with Crippen LogP contribution in [0, 0.1) is 0 Å². The Bertz CT molecular complexity index is 953. The average Bonchev–Trinajstić information content (AvgIpc) is 2.68. The average molecular weight is 413 g/mol. The summed E-state index contributed by atoms with van der Waals surface area (Å²) in [6.45, 7) is 4.90. The molecule has 3 heterocycles. The molecule has 0 aliphatic carbocycles. The first-order valence-electron chi connectivity index (χ1n) is 9.58. The summed E-state index contributed by atoms with van der Waals surface area (Å²) in [6, 6.07) is 9.63. The molecule has 0 radical (unpaired) electrons. The van der Waals surface area contributed by atoms with E-state index < -0.39 is 0 Å². The largest absolute Gasteiger partial charge is 0.294 e. The molecule has 4 nitrogen and oxygen atoms in total. The number of aromatic nitrogens is 3. The van der Waals surface area contributed by atoms with Gasteiger partial charge in [0.05, 0.1) is 5.69 Å². The first-order valence-corrected chi connectivity index (χ1v) is 10.3. The predicted molar refractivity (Wildman–Crippen MR) is 114 cm³/mol. The number of halogens is 2. The van der Waals surface area contributed by atoms with Gasteiger partial charge in [-0.1, -0.05) is 36.2 Å². The summed E-state index contributed by atoms with van der Waals surface area (Å²) in [5.41, 5.74) is 5.43. The number of hydrogen-bond donors (Lipinski definition) is 0. The summed E-state index contributed by atoms with van der Waals surface area (Å²) >= 11 is 12.2. The second kappa shape index (κ2) is 8.56. The summed E-state index contributed by atoms with van der Waals surface area (Å²) < 4.78 is 0. The molecule has 1 aliphatic rings. The smallest absolute Gasteiger partial charge is 0.128 e. The van der Waals surface area contributed by atoms with Crippen molar-refractivity contribution in [3.05, 3.63) is 75.4 Å². The highest BCUT2D eigenvalue weighted by Gasteiger charge is 2.18. The van der Waals surface area contributed by atoms with Gasteiger partial charge in [-0.15, -0.1) is 0 Å². The van der Waals surface area contributed by atoms with Gasteiger partial charge in [0.15, 0.2) is 0 Å². The van der Waals surface area contributed by atoms with Crippen LogP contribution in [0.2, 0.25) is 10.0 Å². The molecule has 0 N–H and O–H groups in total. The van der Waals surface area contributed by atoms with Gasteiger partial charge in [-0.2, -0.15) is 0 Å². The molecule has 0 atom stereocenters. The van der Waals surface area contributed by atoms with Gasteiger partial charge in [0.1, 0.15) is 5.82 Å². The standard InChI is InChI=1S/C22H22Cl2N4/c1-2-3-22-26-12-17-14-28(7-6-21(17)27-22)13-15-4-5-20(25-11-15)16-8-18(23)10-19(24)9-16/h4-5,8-12H,2-3,6-7,13-14H2,1H3. The Morgan fingerprint density at radius 3 is 2.57 bits per heavy atom. The van der Waals surface area contributed by atoms with E-state index in [4.69, 9.17) is 28.2 Å².